The van der Waals surface area contributed by atoms with Gasteiger partial charge in [-0.1, -0.05) is 6.07 Å². The normalized spacial score (nSPS) is 12.7. The number of benzene rings is 1. The van der Waals surface area contributed by atoms with E-state index in [0.29, 0.717) is 30.3 Å². The van der Waals surface area contributed by atoms with Crippen molar-refractivity contribution in [2.45, 2.75) is 6.42 Å². The topological polar surface area (TPSA) is 65.1 Å². The van der Waals surface area contributed by atoms with E-state index in [9.17, 15) is 9.59 Å². The van der Waals surface area contributed by atoms with Gasteiger partial charge >= 0.3 is 5.97 Å². The van der Waals surface area contributed by atoms with Gasteiger partial charge in [0.1, 0.15) is 13.2 Å². The van der Waals surface area contributed by atoms with E-state index in [4.69, 9.17) is 9.47 Å². The fourth-order valence-electron chi connectivity index (χ4n) is 1.91. The molecule has 0 aliphatic carbocycles. The van der Waals surface area contributed by atoms with Crippen molar-refractivity contribution in [1.82, 2.24) is 4.90 Å². The smallest absolute Gasteiger partial charge is 0.307 e. The van der Waals surface area contributed by atoms with E-state index in [1.165, 1.54) is 12.0 Å². The Morgan fingerprint density at radius 3 is 2.80 bits per heavy atom. The van der Waals surface area contributed by atoms with Crippen molar-refractivity contribution >= 4 is 11.9 Å². The van der Waals surface area contributed by atoms with Crippen LogP contribution in [-0.2, 0) is 9.53 Å². The number of ether oxygens (including phenoxy) is 3. The zero-order valence-corrected chi connectivity index (χ0v) is 11.5. The summed E-state index contributed by atoms with van der Waals surface area (Å²) in [6, 6.07) is 5.19. The van der Waals surface area contributed by atoms with Crippen molar-refractivity contribution in [2.24, 2.45) is 0 Å². The number of hydrogen-bond acceptors (Lipinski definition) is 5. The monoisotopic (exact) mass is 279 g/mol. The summed E-state index contributed by atoms with van der Waals surface area (Å²) in [6.45, 7) is 1.18. The standard InChI is InChI=1S/C14H17NO5/c1-15(7-6-12(16)18-2)14(17)10-4-3-5-11-13(10)20-9-8-19-11/h3-5H,6-9H2,1-2H3. The summed E-state index contributed by atoms with van der Waals surface area (Å²) >= 11 is 0. The number of hydrogen-bond donors (Lipinski definition) is 0. The molecule has 1 aromatic rings. The average molecular weight is 279 g/mol. The van der Waals surface area contributed by atoms with E-state index < -0.39 is 0 Å². The van der Waals surface area contributed by atoms with Crippen LogP contribution in [0.4, 0.5) is 0 Å². The molecule has 0 aromatic heterocycles. The van der Waals surface area contributed by atoms with Gasteiger partial charge in [0.2, 0.25) is 0 Å². The van der Waals surface area contributed by atoms with Crippen molar-refractivity contribution in [3.63, 3.8) is 0 Å². The minimum Gasteiger partial charge on any atom is -0.486 e. The maximum Gasteiger partial charge on any atom is 0.307 e. The van der Waals surface area contributed by atoms with Crippen molar-refractivity contribution in [3.8, 4) is 11.5 Å². The second-order valence-electron chi connectivity index (χ2n) is 4.38. The fourth-order valence-corrected chi connectivity index (χ4v) is 1.91. The molecule has 0 saturated carbocycles. The predicted molar refractivity (Wildman–Crippen MR) is 71.0 cm³/mol. The SMILES string of the molecule is COC(=O)CCN(C)C(=O)c1cccc2c1OCCO2. The quantitative estimate of drug-likeness (QED) is 0.772. The molecule has 0 saturated heterocycles. The molecule has 6 heteroatoms. The highest BCUT2D eigenvalue weighted by Crippen LogP contribution is 2.34. The van der Waals surface area contributed by atoms with Crippen LogP contribution in [0.1, 0.15) is 16.8 Å². The zero-order valence-electron chi connectivity index (χ0n) is 11.5. The Morgan fingerprint density at radius 1 is 1.30 bits per heavy atom. The molecule has 0 bridgehead atoms. The highest BCUT2D eigenvalue weighted by atomic mass is 16.6. The van der Waals surface area contributed by atoms with Crippen LogP contribution in [0.25, 0.3) is 0 Å². The Hall–Kier alpha value is -2.24. The molecule has 1 heterocycles. The molecule has 0 N–H and O–H groups in total. The summed E-state index contributed by atoms with van der Waals surface area (Å²) in [6.07, 6.45) is 0.158. The van der Waals surface area contributed by atoms with Gasteiger partial charge < -0.3 is 19.1 Å². The summed E-state index contributed by atoms with van der Waals surface area (Å²) in [5.41, 5.74) is 0.439. The number of methoxy groups -OCH3 is 1. The summed E-state index contributed by atoms with van der Waals surface area (Å²) in [4.78, 5) is 24.9. The third kappa shape index (κ3) is 3.01. The van der Waals surface area contributed by atoms with E-state index in [1.54, 1.807) is 25.2 Å². The van der Waals surface area contributed by atoms with Gasteiger partial charge in [0.25, 0.3) is 5.91 Å². The number of esters is 1. The highest BCUT2D eigenvalue weighted by Gasteiger charge is 2.22. The van der Waals surface area contributed by atoms with Crippen molar-refractivity contribution in [3.05, 3.63) is 23.8 Å². The first-order valence-electron chi connectivity index (χ1n) is 6.34. The van der Waals surface area contributed by atoms with E-state index >= 15 is 0 Å². The van der Waals surface area contributed by atoms with Crippen LogP contribution in [0.15, 0.2) is 18.2 Å². The van der Waals surface area contributed by atoms with Crippen LogP contribution >= 0.6 is 0 Å². The molecule has 0 atom stereocenters. The Morgan fingerprint density at radius 2 is 2.05 bits per heavy atom. The van der Waals surface area contributed by atoms with Gasteiger partial charge in [-0.3, -0.25) is 9.59 Å². The molecule has 1 amide bonds. The second-order valence-corrected chi connectivity index (χ2v) is 4.38. The van der Waals surface area contributed by atoms with E-state index in [1.807, 2.05) is 0 Å². The summed E-state index contributed by atoms with van der Waals surface area (Å²) in [7, 11) is 2.96. The number of carbonyl (C=O) groups is 2. The Labute approximate surface area is 117 Å². The molecule has 0 spiro atoms. The Balaban J connectivity index is 2.11. The van der Waals surface area contributed by atoms with Crippen molar-refractivity contribution < 1.29 is 23.8 Å². The van der Waals surface area contributed by atoms with Crippen LogP contribution < -0.4 is 9.47 Å². The number of rotatable bonds is 4. The third-order valence-corrected chi connectivity index (χ3v) is 3.02. The van der Waals surface area contributed by atoms with Gasteiger partial charge in [0, 0.05) is 13.6 Å². The third-order valence-electron chi connectivity index (χ3n) is 3.02. The molecule has 0 radical (unpaired) electrons. The van der Waals surface area contributed by atoms with Gasteiger partial charge in [-0.2, -0.15) is 0 Å². The van der Waals surface area contributed by atoms with Gasteiger partial charge in [-0.25, -0.2) is 0 Å². The van der Waals surface area contributed by atoms with Gasteiger partial charge in [-0.15, -0.1) is 0 Å². The molecule has 1 aliphatic rings. The number of amides is 1. The van der Waals surface area contributed by atoms with Crippen molar-refractivity contribution in [1.29, 1.82) is 0 Å². The lowest BCUT2D eigenvalue weighted by Gasteiger charge is -2.23. The molecule has 0 fully saturated rings. The average Bonchev–Trinajstić information content (AvgIpc) is 2.50. The molecule has 108 valence electrons. The maximum absolute atomic E-state index is 12.4. The second kappa shape index (κ2) is 6.27. The van der Waals surface area contributed by atoms with E-state index in [0.717, 1.165) is 0 Å². The largest absolute Gasteiger partial charge is 0.486 e. The minimum absolute atomic E-state index is 0.158. The van der Waals surface area contributed by atoms with Crippen molar-refractivity contribution in [2.75, 3.05) is 33.9 Å². The van der Waals surface area contributed by atoms with Gasteiger partial charge in [0.15, 0.2) is 11.5 Å². The molecule has 0 unspecified atom stereocenters. The first kappa shape index (κ1) is 14.2. The predicted octanol–water partition coefficient (Wildman–Crippen LogP) is 1.09. The first-order chi connectivity index (χ1) is 9.63. The van der Waals surface area contributed by atoms with E-state index in [-0.39, 0.29) is 24.8 Å². The van der Waals surface area contributed by atoms with E-state index in [2.05, 4.69) is 4.74 Å². The lowest BCUT2D eigenvalue weighted by atomic mass is 10.1. The number of fused-ring (bicyclic) bond motifs is 1. The summed E-state index contributed by atoms with van der Waals surface area (Å²) in [5, 5.41) is 0. The lowest BCUT2D eigenvalue weighted by Crippen LogP contribution is -2.30. The zero-order chi connectivity index (χ0) is 14.5. The van der Waals surface area contributed by atoms with Crippen LogP contribution in [0.3, 0.4) is 0 Å². The summed E-state index contributed by atoms with van der Waals surface area (Å²) < 4.78 is 15.5. The first-order valence-corrected chi connectivity index (χ1v) is 6.34. The van der Waals surface area contributed by atoms with Gasteiger partial charge in [-0.05, 0) is 12.1 Å². The molecular formula is C14H17NO5. The number of carbonyl (C=O) groups excluding carboxylic acids is 2. The maximum atomic E-state index is 12.4. The lowest BCUT2D eigenvalue weighted by molar-refractivity contribution is -0.140. The Bertz CT molecular complexity index is 514. The highest BCUT2D eigenvalue weighted by molar-refractivity contribution is 5.97. The van der Waals surface area contributed by atoms with Crippen LogP contribution in [0, 0.1) is 0 Å². The number of para-hydroxylation sites is 1. The molecule has 1 aliphatic heterocycles. The molecule has 20 heavy (non-hydrogen) atoms. The Kier molecular flexibility index (Phi) is 4.45. The van der Waals surface area contributed by atoms with Crippen LogP contribution in [-0.4, -0.2) is 50.7 Å². The molecule has 1 aromatic carbocycles. The number of nitrogens with zero attached hydrogens (tertiary/aromatic N) is 1. The fraction of sp³-hybridized carbons (Fsp3) is 0.429. The molecular weight excluding hydrogens is 262 g/mol. The molecule has 6 nitrogen and oxygen atoms in total. The van der Waals surface area contributed by atoms with Gasteiger partial charge in [0.05, 0.1) is 19.1 Å². The van der Waals surface area contributed by atoms with Crippen LogP contribution in [0.5, 0.6) is 11.5 Å². The van der Waals surface area contributed by atoms with Crippen LogP contribution in [0.2, 0.25) is 0 Å². The minimum atomic E-state index is -0.348. The summed E-state index contributed by atoms with van der Waals surface area (Å²) in [5.74, 6) is 0.479. The molecule has 2 rings (SSSR count).